The smallest absolute Gasteiger partial charge is 0.413 e. The Morgan fingerprint density at radius 3 is 2.25 bits per heavy atom. The molecule has 4 aromatic rings. The average Bonchev–Trinajstić information content (AvgIpc) is 3.55. The van der Waals surface area contributed by atoms with Crippen LogP contribution in [0, 0.1) is 5.92 Å². The third-order valence-corrected chi connectivity index (χ3v) is 9.11. The number of ether oxygens (including phenoxy) is 4. The van der Waals surface area contributed by atoms with Crippen LogP contribution < -0.4 is 27.0 Å². The van der Waals surface area contributed by atoms with Gasteiger partial charge in [-0.3, -0.25) is 19.7 Å². The van der Waals surface area contributed by atoms with Crippen LogP contribution >= 0.6 is 0 Å². The number of nitrogens with zero attached hydrogens (tertiary/aromatic N) is 3. The van der Waals surface area contributed by atoms with Crippen molar-refractivity contribution in [2.45, 2.75) is 98.2 Å². The summed E-state index contributed by atoms with van der Waals surface area (Å²) in [4.78, 5) is 62.0. The number of rotatable bonds is 24. The summed E-state index contributed by atoms with van der Waals surface area (Å²) in [6.45, 7) is 12.9. The van der Waals surface area contributed by atoms with Gasteiger partial charge >= 0.3 is 6.09 Å². The summed E-state index contributed by atoms with van der Waals surface area (Å²) < 4.78 is 23.7. The highest BCUT2D eigenvalue weighted by molar-refractivity contribution is 6.09. The second-order valence-electron chi connectivity index (χ2n) is 15.0. The van der Waals surface area contributed by atoms with Gasteiger partial charge in [-0.1, -0.05) is 44.2 Å². The number of benzene rings is 2. The number of aromatic nitrogens is 3. The number of unbranched alkanes of at least 4 members (excludes halogenated alkanes) is 1. The van der Waals surface area contributed by atoms with E-state index in [4.69, 9.17) is 29.7 Å². The molecule has 322 valence electrons. The predicted octanol–water partition coefficient (Wildman–Crippen LogP) is 4.39. The molecule has 17 heteroatoms. The summed E-state index contributed by atoms with van der Waals surface area (Å²) in [6.07, 6.45) is 0.835. The summed E-state index contributed by atoms with van der Waals surface area (Å²) >= 11 is 0. The summed E-state index contributed by atoms with van der Waals surface area (Å²) in [7, 11) is 0. The second-order valence-corrected chi connectivity index (χ2v) is 15.0. The Bertz CT molecular complexity index is 2000. The Morgan fingerprint density at radius 2 is 1.58 bits per heavy atom. The number of fused-ring (bicyclic) bond motifs is 3. The number of amides is 4. The van der Waals surface area contributed by atoms with Crippen molar-refractivity contribution in [2.75, 3.05) is 50.2 Å². The van der Waals surface area contributed by atoms with Gasteiger partial charge in [-0.2, -0.15) is 0 Å². The van der Waals surface area contributed by atoms with Gasteiger partial charge < -0.3 is 50.3 Å². The van der Waals surface area contributed by atoms with Crippen LogP contribution in [-0.2, 0) is 53.1 Å². The van der Waals surface area contributed by atoms with Gasteiger partial charge in [0, 0.05) is 24.3 Å². The maximum Gasteiger partial charge on any atom is 0.413 e. The number of nitrogens with one attached hydrogen (secondary N) is 4. The lowest BCUT2D eigenvalue weighted by atomic mass is 10.0. The highest BCUT2D eigenvalue weighted by Crippen LogP contribution is 2.32. The van der Waals surface area contributed by atoms with Crippen molar-refractivity contribution in [2.24, 2.45) is 11.7 Å². The number of imidazole rings is 1. The molecule has 2 aromatic carbocycles. The highest BCUT2D eigenvalue weighted by Gasteiger charge is 2.29. The van der Waals surface area contributed by atoms with Crippen LogP contribution in [0.2, 0.25) is 0 Å². The van der Waals surface area contributed by atoms with E-state index in [1.807, 2.05) is 42.7 Å². The van der Waals surface area contributed by atoms with E-state index in [0.717, 1.165) is 5.39 Å². The molecule has 0 aliphatic heterocycles. The largest absolute Gasteiger partial charge is 0.444 e. The minimum absolute atomic E-state index is 0.0862. The topological polar surface area (TPSA) is 230 Å². The van der Waals surface area contributed by atoms with Gasteiger partial charge in [0.25, 0.3) is 0 Å². The van der Waals surface area contributed by atoms with Crippen molar-refractivity contribution in [1.82, 2.24) is 25.2 Å². The molecule has 0 aliphatic carbocycles. The number of hydrogen-bond donors (Lipinski definition) is 6. The van der Waals surface area contributed by atoms with Gasteiger partial charge in [-0.25, -0.2) is 14.8 Å². The maximum atomic E-state index is 13.5. The minimum atomic E-state index is -1.07. The fraction of sp³-hybridized carbons (Fsp3) is 0.524. The van der Waals surface area contributed by atoms with Crippen molar-refractivity contribution in [3.05, 3.63) is 59.9 Å². The molecular weight excluding hydrogens is 761 g/mol. The number of para-hydroxylation sites is 1. The average molecular weight is 821 g/mol. The van der Waals surface area contributed by atoms with Crippen LogP contribution in [0.25, 0.3) is 21.9 Å². The first kappa shape index (κ1) is 46.5. The molecule has 0 spiro atoms. The number of nitrogens with two attached hydrogens (primary N) is 1. The van der Waals surface area contributed by atoms with Gasteiger partial charge in [0.2, 0.25) is 17.7 Å². The molecule has 4 rings (SSSR count). The summed E-state index contributed by atoms with van der Waals surface area (Å²) in [5.41, 5.74) is 7.49. The molecule has 0 bridgehead atoms. The molecule has 0 saturated carbocycles. The van der Waals surface area contributed by atoms with E-state index < -0.39 is 41.5 Å². The van der Waals surface area contributed by atoms with Crippen molar-refractivity contribution in [1.29, 1.82) is 0 Å². The van der Waals surface area contributed by atoms with Gasteiger partial charge in [0.1, 0.15) is 43.2 Å². The van der Waals surface area contributed by atoms with E-state index in [9.17, 15) is 24.3 Å². The summed E-state index contributed by atoms with van der Waals surface area (Å²) in [6, 6.07) is 12.4. The lowest BCUT2D eigenvalue weighted by Crippen LogP contribution is -2.55. The third-order valence-electron chi connectivity index (χ3n) is 9.11. The maximum absolute atomic E-state index is 13.5. The fourth-order valence-electron chi connectivity index (χ4n) is 6.23. The first-order valence-electron chi connectivity index (χ1n) is 20.1. The minimum Gasteiger partial charge on any atom is -0.444 e. The Kier molecular flexibility index (Phi) is 18.0. The molecular formula is C42H60N8O9. The van der Waals surface area contributed by atoms with Crippen LogP contribution in [0.3, 0.4) is 0 Å². The zero-order chi connectivity index (χ0) is 43.0. The van der Waals surface area contributed by atoms with Crippen LogP contribution in [0.15, 0.2) is 48.5 Å². The molecule has 2 heterocycles. The van der Waals surface area contributed by atoms with E-state index in [2.05, 4.69) is 26.3 Å². The van der Waals surface area contributed by atoms with Crippen molar-refractivity contribution < 1.29 is 43.2 Å². The standard InChI is InChI=1S/C42H60N8O9/c1-7-56-21-22-58-25-34(51)48-35(27(3)4)40(53)46-32(15-11-12-20-43)39(52)44-29-18-16-28(17-19-29)23-59-41(54)49-38-36-37(30-13-9-10-14-31(30)45-38)50(26-42(5,6)55)33(47-36)24-57-8-2/h9-10,13-14,16-19,27,32,35,55H,7-8,11-12,15,20-26,43H2,1-6H3,(H,44,52)(H,46,53)(H,48,51)(H,45,49,54)/t32-,35-/m0/s1. The molecule has 7 N–H and O–H groups in total. The SMILES string of the molecule is CCOCCOCC(=O)N[C@H](C(=O)N[C@@H](CCCCN)C(=O)Nc1ccc(COC(=O)Nc2nc3ccccc3c3c2nc(COCC)n3CC(C)(C)O)cc1)C(C)C. The first-order valence-corrected chi connectivity index (χ1v) is 20.1. The molecule has 59 heavy (non-hydrogen) atoms. The van der Waals surface area contributed by atoms with Crippen LogP contribution in [0.4, 0.5) is 16.3 Å². The lowest BCUT2D eigenvalue weighted by molar-refractivity contribution is -0.134. The van der Waals surface area contributed by atoms with Gasteiger partial charge in [0.05, 0.1) is 36.4 Å². The fourth-order valence-corrected chi connectivity index (χ4v) is 6.23. The Balaban J connectivity index is 1.40. The van der Waals surface area contributed by atoms with E-state index in [-0.39, 0.29) is 44.7 Å². The number of carbonyl (C=O) groups is 4. The lowest BCUT2D eigenvalue weighted by Gasteiger charge is -2.25. The van der Waals surface area contributed by atoms with Crippen molar-refractivity contribution in [3.63, 3.8) is 0 Å². The molecule has 2 aromatic heterocycles. The highest BCUT2D eigenvalue weighted by atomic mass is 16.5. The zero-order valence-corrected chi connectivity index (χ0v) is 35.0. The van der Waals surface area contributed by atoms with Crippen LogP contribution in [-0.4, -0.2) is 101 Å². The molecule has 4 amide bonds. The van der Waals surface area contributed by atoms with Gasteiger partial charge in [0.15, 0.2) is 5.82 Å². The third kappa shape index (κ3) is 14.2. The molecule has 0 radical (unpaired) electrons. The second kappa shape index (κ2) is 22.8. The van der Waals surface area contributed by atoms with E-state index in [1.165, 1.54) is 0 Å². The number of hydrogen-bond acceptors (Lipinski definition) is 12. The first-order chi connectivity index (χ1) is 28.2. The van der Waals surface area contributed by atoms with E-state index in [1.54, 1.807) is 52.0 Å². The van der Waals surface area contributed by atoms with Crippen molar-refractivity contribution in [3.8, 4) is 0 Å². The summed E-state index contributed by atoms with van der Waals surface area (Å²) in [5, 5.41) is 22.7. The molecule has 0 fully saturated rings. The molecule has 0 unspecified atom stereocenters. The van der Waals surface area contributed by atoms with Gasteiger partial charge in [-0.05, 0) is 83.2 Å². The molecule has 17 nitrogen and oxygen atoms in total. The number of anilines is 2. The summed E-state index contributed by atoms with van der Waals surface area (Å²) in [5.74, 6) is -0.866. The number of pyridine rings is 1. The quantitative estimate of drug-likeness (QED) is 0.0541. The van der Waals surface area contributed by atoms with Crippen LogP contribution in [0.1, 0.15) is 72.2 Å². The number of carbonyl (C=O) groups excluding carboxylic acids is 4. The molecule has 0 saturated heterocycles. The van der Waals surface area contributed by atoms with Crippen LogP contribution in [0.5, 0.6) is 0 Å². The number of aliphatic hydroxyl groups is 1. The molecule has 2 atom stereocenters. The zero-order valence-electron chi connectivity index (χ0n) is 35.0. The monoisotopic (exact) mass is 820 g/mol. The van der Waals surface area contributed by atoms with E-state index >= 15 is 0 Å². The van der Waals surface area contributed by atoms with E-state index in [0.29, 0.717) is 79.3 Å². The molecule has 0 aliphatic rings. The predicted molar refractivity (Wildman–Crippen MR) is 224 cm³/mol. The van der Waals surface area contributed by atoms with Gasteiger partial charge in [-0.15, -0.1) is 0 Å². The Hall–Kier alpha value is -5.20. The van der Waals surface area contributed by atoms with Crippen molar-refractivity contribution >= 4 is 57.3 Å². The Labute approximate surface area is 345 Å². The normalized spacial score (nSPS) is 12.7. The Morgan fingerprint density at radius 1 is 0.864 bits per heavy atom.